The maximum atomic E-state index is 10.7. The van der Waals surface area contributed by atoms with E-state index in [1.165, 1.54) is 0 Å². The summed E-state index contributed by atoms with van der Waals surface area (Å²) in [6.45, 7) is 1.20. The standard InChI is InChI=1S/C5H12N2OS2/c8-5(6-1-3-9)7-2-4-10/h9-10H,1-4H2,(H2,6,7,8). The summed E-state index contributed by atoms with van der Waals surface area (Å²) in [5.74, 6) is 1.32. The number of urea groups is 1. The lowest BCUT2D eigenvalue weighted by atomic mass is 10.7. The van der Waals surface area contributed by atoms with Gasteiger partial charge in [-0.3, -0.25) is 0 Å². The molecule has 0 aromatic carbocycles. The predicted octanol–water partition coefficient (Wildman–Crippen LogP) is 0.145. The number of hydrogen-bond donors (Lipinski definition) is 4. The summed E-state index contributed by atoms with van der Waals surface area (Å²) < 4.78 is 0. The van der Waals surface area contributed by atoms with E-state index in [-0.39, 0.29) is 6.03 Å². The van der Waals surface area contributed by atoms with Crippen LogP contribution in [-0.4, -0.2) is 30.6 Å². The van der Waals surface area contributed by atoms with E-state index < -0.39 is 0 Å². The molecule has 0 aromatic rings. The van der Waals surface area contributed by atoms with Crippen LogP contribution in [0.5, 0.6) is 0 Å². The lowest BCUT2D eigenvalue weighted by Gasteiger charge is -2.03. The molecule has 0 saturated carbocycles. The molecule has 0 radical (unpaired) electrons. The molecule has 0 rings (SSSR count). The molecular formula is C5H12N2OS2. The largest absolute Gasteiger partial charge is 0.337 e. The van der Waals surface area contributed by atoms with Gasteiger partial charge in [-0.05, 0) is 0 Å². The molecule has 0 aromatic heterocycles. The summed E-state index contributed by atoms with van der Waals surface area (Å²) in [5, 5.41) is 5.21. The van der Waals surface area contributed by atoms with Crippen molar-refractivity contribution in [2.24, 2.45) is 0 Å². The normalized spacial score (nSPS) is 9.00. The van der Waals surface area contributed by atoms with Crippen LogP contribution in [-0.2, 0) is 0 Å². The molecule has 0 atom stereocenters. The number of hydrogen-bond acceptors (Lipinski definition) is 3. The van der Waals surface area contributed by atoms with Crippen molar-refractivity contribution in [1.29, 1.82) is 0 Å². The van der Waals surface area contributed by atoms with Crippen molar-refractivity contribution in [3.05, 3.63) is 0 Å². The Morgan fingerprint density at radius 3 is 1.80 bits per heavy atom. The second-order valence-corrected chi connectivity index (χ2v) is 2.52. The predicted molar refractivity (Wildman–Crippen MR) is 49.1 cm³/mol. The Bertz CT molecular complexity index is 89.6. The second-order valence-electron chi connectivity index (χ2n) is 1.63. The number of carbonyl (C=O) groups excluding carboxylic acids is 1. The van der Waals surface area contributed by atoms with Crippen LogP contribution in [0.3, 0.4) is 0 Å². The van der Waals surface area contributed by atoms with Gasteiger partial charge < -0.3 is 10.6 Å². The summed E-state index contributed by atoms with van der Waals surface area (Å²) >= 11 is 7.86. The lowest BCUT2D eigenvalue weighted by molar-refractivity contribution is 0.242. The molecule has 0 bridgehead atoms. The number of nitrogens with one attached hydrogen (secondary N) is 2. The summed E-state index contributed by atoms with van der Waals surface area (Å²) in [6.07, 6.45) is 0. The van der Waals surface area contributed by atoms with Gasteiger partial charge in [0, 0.05) is 24.6 Å². The van der Waals surface area contributed by atoms with Gasteiger partial charge in [0.1, 0.15) is 0 Å². The molecular weight excluding hydrogens is 168 g/mol. The first-order valence-corrected chi connectivity index (χ1v) is 4.31. The van der Waals surface area contributed by atoms with Crippen LogP contribution >= 0.6 is 25.3 Å². The third-order valence-electron chi connectivity index (χ3n) is 0.795. The zero-order chi connectivity index (χ0) is 7.82. The SMILES string of the molecule is O=C(NCCS)NCCS. The summed E-state index contributed by atoms with van der Waals surface area (Å²) in [5.41, 5.74) is 0. The minimum atomic E-state index is -0.150. The van der Waals surface area contributed by atoms with Gasteiger partial charge in [-0.1, -0.05) is 0 Å². The lowest BCUT2D eigenvalue weighted by Crippen LogP contribution is -2.37. The fraction of sp³-hybridized carbons (Fsp3) is 0.800. The van der Waals surface area contributed by atoms with Gasteiger partial charge in [-0.2, -0.15) is 25.3 Å². The van der Waals surface area contributed by atoms with E-state index in [0.29, 0.717) is 24.6 Å². The first kappa shape index (κ1) is 9.97. The molecule has 0 unspecified atom stereocenters. The van der Waals surface area contributed by atoms with Crippen molar-refractivity contribution < 1.29 is 4.79 Å². The van der Waals surface area contributed by atoms with Crippen LogP contribution in [0.2, 0.25) is 0 Å². The monoisotopic (exact) mass is 180 g/mol. The topological polar surface area (TPSA) is 41.1 Å². The van der Waals surface area contributed by atoms with Crippen LogP contribution in [0.15, 0.2) is 0 Å². The van der Waals surface area contributed by atoms with Gasteiger partial charge in [0.25, 0.3) is 0 Å². The maximum Gasteiger partial charge on any atom is 0.314 e. The molecule has 10 heavy (non-hydrogen) atoms. The number of rotatable bonds is 4. The van der Waals surface area contributed by atoms with E-state index in [1.54, 1.807) is 0 Å². The average Bonchev–Trinajstić information content (AvgIpc) is 1.97. The first-order chi connectivity index (χ1) is 4.81. The quantitative estimate of drug-likeness (QED) is 0.457. The summed E-state index contributed by atoms with van der Waals surface area (Å²) in [4.78, 5) is 10.7. The highest BCUT2D eigenvalue weighted by atomic mass is 32.1. The smallest absolute Gasteiger partial charge is 0.314 e. The average molecular weight is 180 g/mol. The zero-order valence-corrected chi connectivity index (χ0v) is 7.42. The molecule has 0 aliphatic rings. The molecule has 0 fully saturated rings. The Kier molecular flexibility index (Phi) is 7.06. The first-order valence-electron chi connectivity index (χ1n) is 3.04. The van der Waals surface area contributed by atoms with Crippen molar-refractivity contribution in [1.82, 2.24) is 10.6 Å². The van der Waals surface area contributed by atoms with Crippen LogP contribution in [0.25, 0.3) is 0 Å². The fourth-order valence-electron chi connectivity index (χ4n) is 0.401. The zero-order valence-electron chi connectivity index (χ0n) is 5.63. The van der Waals surface area contributed by atoms with Crippen molar-refractivity contribution in [3.63, 3.8) is 0 Å². The number of amides is 2. The van der Waals surface area contributed by atoms with Gasteiger partial charge in [-0.15, -0.1) is 0 Å². The van der Waals surface area contributed by atoms with Crippen molar-refractivity contribution >= 4 is 31.3 Å². The van der Waals surface area contributed by atoms with Crippen LogP contribution in [0.1, 0.15) is 0 Å². The number of thiol groups is 2. The molecule has 5 heteroatoms. The van der Waals surface area contributed by atoms with Crippen LogP contribution < -0.4 is 10.6 Å². The Hall–Kier alpha value is -0.0300. The van der Waals surface area contributed by atoms with Gasteiger partial charge in [0.2, 0.25) is 0 Å². The Morgan fingerprint density at radius 1 is 1.10 bits per heavy atom. The Morgan fingerprint density at radius 2 is 1.50 bits per heavy atom. The van der Waals surface area contributed by atoms with E-state index in [0.717, 1.165) is 0 Å². The molecule has 0 heterocycles. The molecule has 3 nitrogen and oxygen atoms in total. The second kappa shape index (κ2) is 7.08. The van der Waals surface area contributed by atoms with Crippen molar-refractivity contribution in [2.45, 2.75) is 0 Å². The maximum absolute atomic E-state index is 10.7. The van der Waals surface area contributed by atoms with E-state index in [2.05, 4.69) is 35.9 Å². The minimum absolute atomic E-state index is 0.150. The van der Waals surface area contributed by atoms with E-state index in [4.69, 9.17) is 0 Å². The molecule has 2 N–H and O–H groups in total. The highest BCUT2D eigenvalue weighted by molar-refractivity contribution is 7.80. The Labute approximate surface area is 71.8 Å². The fourth-order valence-corrected chi connectivity index (χ4v) is 0.625. The van der Waals surface area contributed by atoms with Gasteiger partial charge in [0.05, 0.1) is 0 Å². The van der Waals surface area contributed by atoms with Crippen molar-refractivity contribution in [3.8, 4) is 0 Å². The molecule has 60 valence electrons. The molecule has 0 spiro atoms. The third-order valence-corrected chi connectivity index (χ3v) is 1.24. The summed E-state index contributed by atoms with van der Waals surface area (Å²) in [7, 11) is 0. The van der Waals surface area contributed by atoms with Crippen LogP contribution in [0, 0.1) is 0 Å². The van der Waals surface area contributed by atoms with E-state index >= 15 is 0 Å². The number of carbonyl (C=O) groups is 1. The van der Waals surface area contributed by atoms with E-state index in [9.17, 15) is 4.79 Å². The summed E-state index contributed by atoms with van der Waals surface area (Å²) in [6, 6.07) is -0.150. The van der Waals surface area contributed by atoms with Gasteiger partial charge in [0.15, 0.2) is 0 Å². The molecule has 0 aliphatic carbocycles. The minimum Gasteiger partial charge on any atom is -0.337 e. The van der Waals surface area contributed by atoms with Crippen molar-refractivity contribution in [2.75, 3.05) is 24.6 Å². The Balaban J connectivity index is 3.09. The van der Waals surface area contributed by atoms with Gasteiger partial charge in [-0.25, -0.2) is 4.79 Å². The van der Waals surface area contributed by atoms with Crippen LogP contribution in [0.4, 0.5) is 4.79 Å². The highest BCUT2D eigenvalue weighted by Crippen LogP contribution is 1.71. The van der Waals surface area contributed by atoms with E-state index in [1.807, 2.05) is 0 Å². The third kappa shape index (κ3) is 6.10. The molecule has 0 aliphatic heterocycles. The molecule has 2 amide bonds. The molecule has 0 saturated heterocycles. The van der Waals surface area contributed by atoms with Gasteiger partial charge >= 0.3 is 6.03 Å². The highest BCUT2D eigenvalue weighted by Gasteiger charge is 1.94.